The van der Waals surface area contributed by atoms with Crippen molar-refractivity contribution in [2.45, 2.75) is 32.2 Å². The Morgan fingerprint density at radius 1 is 0.972 bits per heavy atom. The van der Waals surface area contributed by atoms with Crippen LogP contribution in [-0.2, 0) is 13.0 Å². The van der Waals surface area contributed by atoms with E-state index in [0.29, 0.717) is 18.1 Å². The van der Waals surface area contributed by atoms with Crippen molar-refractivity contribution >= 4 is 23.3 Å². The highest BCUT2D eigenvalue weighted by atomic mass is 35.5. The van der Waals surface area contributed by atoms with Crippen LogP contribution in [0.1, 0.15) is 30.4 Å². The molecule has 1 heterocycles. The third-order valence-corrected chi connectivity index (χ3v) is 7.14. The van der Waals surface area contributed by atoms with Gasteiger partial charge in [-0.3, -0.25) is 0 Å². The number of likely N-dealkylation sites (tertiary alicyclic amines) is 1. The number of carbonyl (C=O) groups excluding carboxylic acids is 1. The number of hydrogen-bond acceptors (Lipinski definition) is 3. The topological polar surface area (TPSA) is 44.8 Å². The van der Waals surface area contributed by atoms with Crippen LogP contribution < -0.4 is 10.1 Å². The van der Waals surface area contributed by atoms with Crippen LogP contribution in [-0.4, -0.2) is 49.1 Å². The molecule has 5 nitrogen and oxygen atoms in total. The predicted octanol–water partition coefficient (Wildman–Crippen LogP) is 6.73. The summed E-state index contributed by atoms with van der Waals surface area (Å²) >= 11 is 6.00. The summed E-state index contributed by atoms with van der Waals surface area (Å²) < 4.78 is 5.27. The highest BCUT2D eigenvalue weighted by Gasteiger charge is 2.20. The van der Waals surface area contributed by atoms with Gasteiger partial charge in [-0.1, -0.05) is 54.1 Å². The molecule has 1 fully saturated rings. The van der Waals surface area contributed by atoms with Gasteiger partial charge in [0.1, 0.15) is 5.75 Å². The number of benzene rings is 3. The minimum atomic E-state index is -0.102. The van der Waals surface area contributed by atoms with Crippen molar-refractivity contribution in [1.82, 2.24) is 9.80 Å². The molecule has 4 rings (SSSR count). The first-order valence-electron chi connectivity index (χ1n) is 12.8. The SMILES string of the molecule is COc1ccc(CN(CCCN2CCC(Cc3ccccc3)CC2)C(=O)Nc2ccc(Cl)cc2)cc1. The van der Waals surface area contributed by atoms with Crippen LogP contribution in [0.3, 0.4) is 0 Å². The van der Waals surface area contributed by atoms with Crippen molar-refractivity contribution in [2.24, 2.45) is 5.92 Å². The van der Waals surface area contributed by atoms with Crippen LogP contribution in [0.4, 0.5) is 10.5 Å². The minimum absolute atomic E-state index is 0.102. The molecule has 1 saturated heterocycles. The van der Waals surface area contributed by atoms with Crippen molar-refractivity contribution in [2.75, 3.05) is 38.6 Å². The maximum absolute atomic E-state index is 13.2. The van der Waals surface area contributed by atoms with Gasteiger partial charge in [0.05, 0.1) is 7.11 Å². The van der Waals surface area contributed by atoms with E-state index in [2.05, 4.69) is 40.5 Å². The van der Waals surface area contributed by atoms with Crippen LogP contribution in [0.15, 0.2) is 78.9 Å². The van der Waals surface area contributed by atoms with Gasteiger partial charge < -0.3 is 19.9 Å². The summed E-state index contributed by atoms with van der Waals surface area (Å²) in [7, 11) is 1.66. The first-order valence-corrected chi connectivity index (χ1v) is 13.2. The van der Waals surface area contributed by atoms with Crippen LogP contribution >= 0.6 is 11.6 Å². The molecule has 36 heavy (non-hydrogen) atoms. The third kappa shape index (κ3) is 8.00. The lowest BCUT2D eigenvalue weighted by atomic mass is 9.90. The summed E-state index contributed by atoms with van der Waals surface area (Å²) in [6, 6.07) is 25.8. The summed E-state index contributed by atoms with van der Waals surface area (Å²) in [5.41, 5.74) is 3.25. The quantitative estimate of drug-likeness (QED) is 0.332. The fourth-order valence-electron chi connectivity index (χ4n) is 4.79. The van der Waals surface area contributed by atoms with Gasteiger partial charge in [-0.2, -0.15) is 0 Å². The molecule has 1 N–H and O–H groups in total. The van der Waals surface area contributed by atoms with Gasteiger partial charge in [-0.15, -0.1) is 0 Å². The Balaban J connectivity index is 1.29. The van der Waals surface area contributed by atoms with E-state index in [4.69, 9.17) is 16.3 Å². The monoisotopic (exact) mass is 505 g/mol. The van der Waals surface area contributed by atoms with Crippen molar-refractivity contribution in [3.63, 3.8) is 0 Å². The Labute approximate surface area is 220 Å². The number of hydrogen-bond donors (Lipinski definition) is 1. The van der Waals surface area contributed by atoms with E-state index in [9.17, 15) is 4.79 Å². The van der Waals surface area contributed by atoms with Crippen molar-refractivity contribution < 1.29 is 9.53 Å². The Kier molecular flexibility index (Phi) is 9.65. The molecule has 3 aromatic rings. The van der Waals surface area contributed by atoms with E-state index in [1.807, 2.05) is 41.3 Å². The zero-order valence-electron chi connectivity index (χ0n) is 21.0. The highest BCUT2D eigenvalue weighted by molar-refractivity contribution is 6.30. The lowest BCUT2D eigenvalue weighted by molar-refractivity contribution is 0.170. The summed E-state index contributed by atoms with van der Waals surface area (Å²) in [6.07, 6.45) is 4.59. The number of nitrogens with one attached hydrogen (secondary N) is 1. The zero-order chi connectivity index (χ0) is 25.2. The summed E-state index contributed by atoms with van der Waals surface area (Å²) in [4.78, 5) is 17.6. The van der Waals surface area contributed by atoms with E-state index in [-0.39, 0.29) is 6.03 Å². The molecule has 190 valence electrons. The molecule has 6 heteroatoms. The molecule has 1 aliphatic rings. The molecule has 0 bridgehead atoms. The minimum Gasteiger partial charge on any atom is -0.497 e. The first-order chi connectivity index (χ1) is 17.6. The third-order valence-electron chi connectivity index (χ3n) is 6.89. The van der Waals surface area contributed by atoms with Gasteiger partial charge >= 0.3 is 6.03 Å². The summed E-state index contributed by atoms with van der Waals surface area (Å²) in [5, 5.41) is 3.67. The number of rotatable bonds is 10. The number of ether oxygens (including phenoxy) is 1. The number of nitrogens with zero attached hydrogens (tertiary/aromatic N) is 2. The lowest BCUT2D eigenvalue weighted by Crippen LogP contribution is -2.39. The fraction of sp³-hybridized carbons (Fsp3) is 0.367. The Hall–Kier alpha value is -3.02. The molecular formula is C30H36ClN3O2. The van der Waals surface area contributed by atoms with E-state index in [0.717, 1.165) is 49.0 Å². The molecule has 0 atom stereocenters. The first kappa shape index (κ1) is 26.1. The largest absolute Gasteiger partial charge is 0.497 e. The van der Waals surface area contributed by atoms with Gasteiger partial charge in [-0.25, -0.2) is 4.79 Å². The lowest BCUT2D eigenvalue weighted by Gasteiger charge is -2.32. The molecule has 0 radical (unpaired) electrons. The average Bonchev–Trinajstić information content (AvgIpc) is 2.91. The summed E-state index contributed by atoms with van der Waals surface area (Å²) in [6.45, 7) is 4.50. The number of anilines is 1. The fourth-order valence-corrected chi connectivity index (χ4v) is 4.91. The predicted molar refractivity (Wildman–Crippen MR) is 148 cm³/mol. The zero-order valence-corrected chi connectivity index (χ0v) is 21.8. The van der Waals surface area contributed by atoms with Crippen LogP contribution in [0.2, 0.25) is 5.02 Å². The van der Waals surface area contributed by atoms with Gasteiger partial charge in [-0.05, 0) is 98.8 Å². The molecule has 0 aliphatic carbocycles. The van der Waals surface area contributed by atoms with Crippen molar-refractivity contribution in [1.29, 1.82) is 0 Å². The van der Waals surface area contributed by atoms with Crippen molar-refractivity contribution in [3.8, 4) is 5.75 Å². The smallest absolute Gasteiger partial charge is 0.322 e. The standard InChI is InChI=1S/C30H36ClN3O2/c1-36-29-14-8-26(9-15-29)23-34(30(35)32-28-12-10-27(31)11-13-28)19-5-18-33-20-16-25(17-21-33)22-24-6-3-2-4-7-24/h2-4,6-15,25H,5,16-23H2,1H3,(H,32,35). The Morgan fingerprint density at radius 3 is 2.33 bits per heavy atom. The molecule has 0 unspecified atom stereocenters. The van der Waals surface area contributed by atoms with Crippen molar-refractivity contribution in [3.05, 3.63) is 95.0 Å². The van der Waals surface area contributed by atoms with Gasteiger partial charge in [0, 0.05) is 23.8 Å². The van der Waals surface area contributed by atoms with Gasteiger partial charge in [0.15, 0.2) is 0 Å². The molecule has 3 aromatic carbocycles. The number of amides is 2. The maximum Gasteiger partial charge on any atom is 0.322 e. The van der Waals surface area contributed by atoms with Gasteiger partial charge in [0.2, 0.25) is 0 Å². The molecule has 0 saturated carbocycles. The number of methoxy groups -OCH3 is 1. The number of urea groups is 1. The van der Waals surface area contributed by atoms with Gasteiger partial charge in [0.25, 0.3) is 0 Å². The highest BCUT2D eigenvalue weighted by Crippen LogP contribution is 2.22. The molecule has 0 spiro atoms. The average molecular weight is 506 g/mol. The second kappa shape index (κ2) is 13.3. The number of carbonyl (C=O) groups is 1. The van der Waals surface area contributed by atoms with Crippen LogP contribution in [0.5, 0.6) is 5.75 Å². The second-order valence-corrected chi connectivity index (χ2v) is 9.97. The van der Waals surface area contributed by atoms with E-state index < -0.39 is 0 Å². The maximum atomic E-state index is 13.2. The molecular weight excluding hydrogens is 470 g/mol. The second-order valence-electron chi connectivity index (χ2n) is 9.53. The Bertz CT molecular complexity index is 1070. The Morgan fingerprint density at radius 2 is 1.67 bits per heavy atom. The number of halogens is 1. The number of piperidine rings is 1. The van der Waals surface area contributed by atoms with Crippen LogP contribution in [0.25, 0.3) is 0 Å². The van der Waals surface area contributed by atoms with Crippen LogP contribution in [0, 0.1) is 5.92 Å². The van der Waals surface area contributed by atoms with E-state index in [1.54, 1.807) is 19.2 Å². The normalized spacial score (nSPS) is 14.4. The molecule has 1 aliphatic heterocycles. The van der Waals surface area contributed by atoms with E-state index >= 15 is 0 Å². The summed E-state index contributed by atoms with van der Waals surface area (Å²) in [5.74, 6) is 1.58. The molecule has 2 amide bonds. The molecule has 0 aromatic heterocycles. The van der Waals surface area contributed by atoms with E-state index in [1.165, 1.54) is 24.8 Å².